The van der Waals surface area contributed by atoms with Crippen molar-refractivity contribution < 1.29 is 14.6 Å². The Hall–Kier alpha value is -3.98. The molecule has 0 spiro atoms. The van der Waals surface area contributed by atoms with Gasteiger partial charge in [0.2, 0.25) is 5.56 Å². The fraction of sp³-hybridized carbons (Fsp3) is 0.400. The van der Waals surface area contributed by atoms with E-state index in [0.717, 1.165) is 50.3 Å². The molecule has 9 heteroatoms. The molecule has 0 fully saturated rings. The molecule has 2 aromatic carbocycles. The second-order valence-electron chi connectivity index (χ2n) is 10.9. The standard InChI is InChI=1S/C30H35N5O4/c1-17(2)27-16-35(15-24-26(39-27)10-11-28(36)31-24)14-21-12-20(7-6-18(21)3)23(13-29(37)38)22-8-9-25-30(19(22)4)32-33-34(25)5/h6-12,17,23,27H,13-16H2,1-5H3,(H,31,36)(H,37,38)/t23-,27-/m0/s1. The quantitative estimate of drug-likeness (QED) is 0.367. The third-order valence-corrected chi connectivity index (χ3v) is 7.80. The van der Waals surface area contributed by atoms with Crippen molar-refractivity contribution in [2.24, 2.45) is 13.0 Å². The predicted molar refractivity (Wildman–Crippen MR) is 149 cm³/mol. The van der Waals surface area contributed by atoms with Gasteiger partial charge in [0.1, 0.15) is 17.4 Å². The van der Waals surface area contributed by atoms with E-state index in [1.807, 2.05) is 32.2 Å². The molecule has 1 aliphatic rings. The maximum atomic E-state index is 12.1. The predicted octanol–water partition coefficient (Wildman–Crippen LogP) is 4.30. The van der Waals surface area contributed by atoms with Crippen LogP contribution >= 0.6 is 0 Å². The van der Waals surface area contributed by atoms with Crippen LogP contribution in [-0.2, 0) is 24.9 Å². The van der Waals surface area contributed by atoms with Gasteiger partial charge in [-0.3, -0.25) is 14.5 Å². The highest BCUT2D eigenvalue weighted by Gasteiger charge is 2.27. The smallest absolute Gasteiger partial charge is 0.304 e. The van der Waals surface area contributed by atoms with E-state index in [1.165, 1.54) is 6.07 Å². The number of aromatic amines is 1. The summed E-state index contributed by atoms with van der Waals surface area (Å²) in [6.07, 6.45) is -0.0572. The maximum absolute atomic E-state index is 12.1. The number of rotatable bonds is 7. The fourth-order valence-electron chi connectivity index (χ4n) is 5.47. The number of H-pyrrole nitrogens is 1. The highest BCUT2D eigenvalue weighted by atomic mass is 16.5. The molecule has 0 radical (unpaired) electrons. The third kappa shape index (κ3) is 5.45. The second kappa shape index (κ2) is 10.6. The van der Waals surface area contributed by atoms with E-state index in [2.05, 4.69) is 53.1 Å². The van der Waals surface area contributed by atoms with Gasteiger partial charge >= 0.3 is 5.97 Å². The number of nitrogens with zero attached hydrogens (tertiary/aromatic N) is 4. The first kappa shape index (κ1) is 26.6. The average Bonchev–Trinajstić information content (AvgIpc) is 3.16. The number of fused-ring (bicyclic) bond motifs is 2. The number of ether oxygens (including phenoxy) is 1. The van der Waals surface area contributed by atoms with Gasteiger partial charge in [-0.15, -0.1) is 5.10 Å². The molecule has 4 aromatic rings. The lowest BCUT2D eigenvalue weighted by molar-refractivity contribution is -0.137. The Morgan fingerprint density at radius 1 is 1.18 bits per heavy atom. The Kier molecular flexibility index (Phi) is 7.27. The molecule has 39 heavy (non-hydrogen) atoms. The first-order valence-electron chi connectivity index (χ1n) is 13.3. The van der Waals surface area contributed by atoms with Crippen molar-refractivity contribution in [3.63, 3.8) is 0 Å². The SMILES string of the molecule is Cc1ccc([C@H](CC(=O)O)c2ccc3c(nnn3C)c2C)cc1CN1Cc2[nH]c(=O)ccc2O[C@H](C(C)C)C1. The number of hydrogen-bond acceptors (Lipinski definition) is 6. The number of carbonyl (C=O) groups is 1. The molecule has 9 nitrogen and oxygen atoms in total. The zero-order valence-electron chi connectivity index (χ0n) is 23.1. The van der Waals surface area contributed by atoms with Crippen LogP contribution in [0.2, 0.25) is 0 Å². The molecular weight excluding hydrogens is 494 g/mol. The van der Waals surface area contributed by atoms with E-state index in [9.17, 15) is 14.7 Å². The van der Waals surface area contributed by atoms with Crippen LogP contribution in [0.15, 0.2) is 47.3 Å². The number of carboxylic acid groups (broad SMARTS) is 1. The molecule has 0 aliphatic carbocycles. The van der Waals surface area contributed by atoms with Crippen LogP contribution in [0.5, 0.6) is 5.75 Å². The molecule has 0 saturated heterocycles. The number of pyridine rings is 1. The van der Waals surface area contributed by atoms with Gasteiger partial charge in [0.05, 0.1) is 17.6 Å². The first-order chi connectivity index (χ1) is 18.6. The Morgan fingerprint density at radius 3 is 2.72 bits per heavy atom. The Morgan fingerprint density at radius 2 is 1.97 bits per heavy atom. The summed E-state index contributed by atoms with van der Waals surface area (Å²) in [5, 5.41) is 18.3. The minimum absolute atomic E-state index is 0.0261. The number of aryl methyl sites for hydroxylation is 3. The molecule has 1 aliphatic heterocycles. The van der Waals surface area contributed by atoms with Crippen molar-refractivity contribution in [1.82, 2.24) is 24.9 Å². The monoisotopic (exact) mass is 529 g/mol. The van der Waals surface area contributed by atoms with Crippen LogP contribution in [0.3, 0.4) is 0 Å². The highest BCUT2D eigenvalue weighted by molar-refractivity contribution is 5.80. The van der Waals surface area contributed by atoms with E-state index < -0.39 is 5.97 Å². The van der Waals surface area contributed by atoms with Crippen molar-refractivity contribution in [3.05, 3.63) is 86.3 Å². The van der Waals surface area contributed by atoms with Crippen molar-refractivity contribution >= 4 is 17.0 Å². The molecule has 2 aromatic heterocycles. The Bertz CT molecular complexity index is 1590. The number of nitrogens with one attached hydrogen (secondary N) is 1. The van der Waals surface area contributed by atoms with Gasteiger partial charge in [0.15, 0.2) is 0 Å². The molecule has 2 N–H and O–H groups in total. The average molecular weight is 530 g/mol. The van der Waals surface area contributed by atoms with Gasteiger partial charge in [0, 0.05) is 38.7 Å². The van der Waals surface area contributed by atoms with Crippen LogP contribution in [0.1, 0.15) is 59.7 Å². The number of benzene rings is 2. The van der Waals surface area contributed by atoms with Crippen LogP contribution in [-0.4, -0.2) is 48.6 Å². The Labute approximate surface area is 227 Å². The van der Waals surface area contributed by atoms with E-state index in [-0.39, 0.29) is 29.9 Å². The molecule has 0 amide bonds. The number of hydrogen-bond donors (Lipinski definition) is 2. The van der Waals surface area contributed by atoms with E-state index >= 15 is 0 Å². The molecule has 204 valence electrons. The first-order valence-corrected chi connectivity index (χ1v) is 13.3. The number of aliphatic carboxylic acids is 1. The summed E-state index contributed by atoms with van der Waals surface area (Å²) in [7, 11) is 1.85. The molecule has 5 rings (SSSR count). The lowest BCUT2D eigenvalue weighted by Gasteiger charge is -2.27. The molecule has 0 unspecified atom stereocenters. The normalized spacial score (nSPS) is 16.6. The number of aromatic nitrogens is 4. The summed E-state index contributed by atoms with van der Waals surface area (Å²) >= 11 is 0. The molecule has 0 bridgehead atoms. The second-order valence-corrected chi connectivity index (χ2v) is 10.9. The van der Waals surface area contributed by atoms with Gasteiger partial charge in [-0.25, -0.2) is 4.68 Å². The summed E-state index contributed by atoms with van der Waals surface area (Å²) < 4.78 is 8.02. The van der Waals surface area contributed by atoms with Crippen LogP contribution < -0.4 is 10.3 Å². The van der Waals surface area contributed by atoms with Gasteiger partial charge in [-0.05, 0) is 59.7 Å². The lowest BCUT2D eigenvalue weighted by atomic mass is 9.84. The largest absolute Gasteiger partial charge is 0.487 e. The topological polar surface area (TPSA) is 113 Å². The van der Waals surface area contributed by atoms with E-state index in [4.69, 9.17) is 4.74 Å². The molecule has 2 atom stereocenters. The summed E-state index contributed by atoms with van der Waals surface area (Å²) in [6, 6.07) is 13.5. The van der Waals surface area contributed by atoms with Gasteiger partial charge < -0.3 is 14.8 Å². The van der Waals surface area contributed by atoms with Gasteiger partial charge in [0.25, 0.3) is 0 Å². The van der Waals surface area contributed by atoms with Crippen LogP contribution in [0.25, 0.3) is 11.0 Å². The molecule has 3 heterocycles. The summed E-state index contributed by atoms with van der Waals surface area (Å²) in [5.41, 5.74) is 7.40. The molecular formula is C30H35N5O4. The third-order valence-electron chi connectivity index (χ3n) is 7.80. The minimum atomic E-state index is -0.856. The zero-order chi connectivity index (χ0) is 27.8. The van der Waals surface area contributed by atoms with E-state index in [0.29, 0.717) is 19.6 Å². The van der Waals surface area contributed by atoms with Gasteiger partial charge in [-0.2, -0.15) is 0 Å². The van der Waals surface area contributed by atoms with Crippen molar-refractivity contribution in [2.45, 2.75) is 59.2 Å². The van der Waals surface area contributed by atoms with Crippen molar-refractivity contribution in [1.29, 1.82) is 0 Å². The van der Waals surface area contributed by atoms with Crippen molar-refractivity contribution in [3.8, 4) is 5.75 Å². The summed E-state index contributed by atoms with van der Waals surface area (Å²) in [6.45, 7) is 10.2. The zero-order valence-corrected chi connectivity index (χ0v) is 23.1. The summed E-state index contributed by atoms with van der Waals surface area (Å²) in [4.78, 5) is 29.3. The minimum Gasteiger partial charge on any atom is -0.487 e. The summed E-state index contributed by atoms with van der Waals surface area (Å²) in [5.74, 6) is -0.179. The fourth-order valence-corrected chi connectivity index (χ4v) is 5.47. The van der Waals surface area contributed by atoms with Crippen molar-refractivity contribution in [2.75, 3.05) is 6.54 Å². The van der Waals surface area contributed by atoms with Crippen LogP contribution in [0.4, 0.5) is 0 Å². The van der Waals surface area contributed by atoms with Gasteiger partial charge in [-0.1, -0.05) is 43.3 Å². The lowest BCUT2D eigenvalue weighted by Crippen LogP contribution is -2.36. The highest BCUT2D eigenvalue weighted by Crippen LogP contribution is 2.35. The Balaban J connectivity index is 1.51. The van der Waals surface area contributed by atoms with Crippen LogP contribution in [0, 0.1) is 19.8 Å². The maximum Gasteiger partial charge on any atom is 0.304 e. The number of carboxylic acids is 1. The molecule has 0 saturated carbocycles. The van der Waals surface area contributed by atoms with E-state index in [1.54, 1.807) is 10.7 Å².